The van der Waals surface area contributed by atoms with Gasteiger partial charge in [-0.1, -0.05) is 5.16 Å². The van der Waals surface area contributed by atoms with Gasteiger partial charge in [-0.15, -0.1) is 0 Å². The van der Waals surface area contributed by atoms with Crippen LogP contribution in [-0.2, 0) is 4.74 Å². The standard InChI is InChI=1S/C15H14N2O4S/c1-19-14(10-4-6-22-9-10)8-16-15(18)11-7-13(21-17-11)12-3-2-5-20-12/h2-7,9,14H,8H2,1H3,(H,16,18). The fourth-order valence-corrected chi connectivity index (χ4v) is 2.69. The first-order chi connectivity index (χ1) is 10.8. The van der Waals surface area contributed by atoms with Crippen molar-refractivity contribution in [3.05, 3.63) is 52.5 Å². The summed E-state index contributed by atoms with van der Waals surface area (Å²) in [5.74, 6) is 0.620. The van der Waals surface area contributed by atoms with Gasteiger partial charge in [0.1, 0.15) is 6.10 Å². The van der Waals surface area contributed by atoms with Crippen LogP contribution < -0.4 is 5.32 Å². The minimum atomic E-state index is -0.321. The van der Waals surface area contributed by atoms with E-state index >= 15 is 0 Å². The van der Waals surface area contributed by atoms with E-state index in [-0.39, 0.29) is 17.7 Å². The number of nitrogens with one attached hydrogen (secondary N) is 1. The topological polar surface area (TPSA) is 77.5 Å². The van der Waals surface area contributed by atoms with Crippen LogP contribution in [0.3, 0.4) is 0 Å². The predicted octanol–water partition coefficient (Wildman–Crippen LogP) is 3.11. The quantitative estimate of drug-likeness (QED) is 0.755. The third-order valence-electron chi connectivity index (χ3n) is 3.15. The van der Waals surface area contributed by atoms with Crippen molar-refractivity contribution in [3.63, 3.8) is 0 Å². The highest BCUT2D eigenvalue weighted by Crippen LogP contribution is 2.21. The molecule has 6 nitrogen and oxygen atoms in total. The van der Waals surface area contributed by atoms with Crippen LogP contribution >= 0.6 is 11.3 Å². The van der Waals surface area contributed by atoms with E-state index in [0.717, 1.165) is 5.56 Å². The maximum absolute atomic E-state index is 12.1. The number of amides is 1. The highest BCUT2D eigenvalue weighted by molar-refractivity contribution is 7.07. The SMILES string of the molecule is COC(CNC(=O)c1cc(-c2ccco2)on1)c1ccsc1. The molecule has 1 atom stereocenters. The van der Waals surface area contributed by atoms with Gasteiger partial charge >= 0.3 is 0 Å². The van der Waals surface area contributed by atoms with Crippen LogP contribution in [0.5, 0.6) is 0 Å². The lowest BCUT2D eigenvalue weighted by atomic mass is 10.2. The van der Waals surface area contributed by atoms with E-state index in [9.17, 15) is 4.79 Å². The van der Waals surface area contributed by atoms with E-state index in [0.29, 0.717) is 18.1 Å². The maximum Gasteiger partial charge on any atom is 0.273 e. The monoisotopic (exact) mass is 318 g/mol. The molecule has 0 aromatic carbocycles. The Kier molecular flexibility index (Phi) is 4.36. The second kappa shape index (κ2) is 6.59. The molecule has 0 bridgehead atoms. The Morgan fingerprint density at radius 3 is 3.05 bits per heavy atom. The molecule has 0 saturated carbocycles. The molecule has 0 aliphatic carbocycles. The number of nitrogens with zero attached hydrogens (tertiary/aromatic N) is 1. The van der Waals surface area contributed by atoms with Gasteiger partial charge in [0.25, 0.3) is 5.91 Å². The minimum Gasteiger partial charge on any atom is -0.461 e. The summed E-state index contributed by atoms with van der Waals surface area (Å²) in [4.78, 5) is 12.1. The summed E-state index contributed by atoms with van der Waals surface area (Å²) in [6, 6.07) is 6.98. The second-order valence-corrected chi connectivity index (χ2v) is 5.32. The molecule has 3 rings (SSSR count). The van der Waals surface area contributed by atoms with Gasteiger partial charge in [-0.3, -0.25) is 4.79 Å². The van der Waals surface area contributed by atoms with E-state index in [1.807, 2.05) is 16.8 Å². The molecule has 114 valence electrons. The van der Waals surface area contributed by atoms with Gasteiger partial charge < -0.3 is 19.0 Å². The molecule has 0 fully saturated rings. The van der Waals surface area contributed by atoms with E-state index in [1.165, 1.54) is 6.26 Å². The molecule has 0 aliphatic rings. The second-order valence-electron chi connectivity index (χ2n) is 4.54. The maximum atomic E-state index is 12.1. The van der Waals surface area contributed by atoms with Crippen molar-refractivity contribution >= 4 is 17.2 Å². The predicted molar refractivity (Wildman–Crippen MR) is 80.6 cm³/mol. The summed E-state index contributed by atoms with van der Waals surface area (Å²) >= 11 is 1.59. The van der Waals surface area contributed by atoms with E-state index < -0.39 is 0 Å². The van der Waals surface area contributed by atoms with Crippen molar-refractivity contribution in [3.8, 4) is 11.5 Å². The molecule has 3 aromatic rings. The lowest BCUT2D eigenvalue weighted by Crippen LogP contribution is -2.29. The minimum absolute atomic E-state index is 0.188. The van der Waals surface area contributed by atoms with Crippen LogP contribution in [0, 0.1) is 0 Å². The largest absolute Gasteiger partial charge is 0.461 e. The van der Waals surface area contributed by atoms with E-state index in [1.54, 1.807) is 36.6 Å². The molecule has 0 aliphatic heterocycles. The molecule has 0 spiro atoms. The molecule has 3 aromatic heterocycles. The van der Waals surface area contributed by atoms with Crippen LogP contribution in [0.15, 0.2) is 50.2 Å². The number of rotatable bonds is 6. The number of hydrogen-bond donors (Lipinski definition) is 1. The number of carbonyl (C=O) groups is 1. The molecule has 3 heterocycles. The summed E-state index contributed by atoms with van der Waals surface area (Å²) in [5, 5.41) is 10.5. The van der Waals surface area contributed by atoms with Crippen LogP contribution in [0.4, 0.5) is 0 Å². The third kappa shape index (κ3) is 3.10. The zero-order chi connectivity index (χ0) is 15.4. The lowest BCUT2D eigenvalue weighted by Gasteiger charge is -2.14. The molecule has 22 heavy (non-hydrogen) atoms. The summed E-state index contributed by atoms with van der Waals surface area (Å²) in [7, 11) is 1.61. The van der Waals surface area contributed by atoms with Crippen LogP contribution in [0.25, 0.3) is 11.5 Å². The smallest absolute Gasteiger partial charge is 0.273 e. The molecule has 1 N–H and O–H groups in total. The van der Waals surface area contributed by atoms with Gasteiger partial charge in [0.15, 0.2) is 11.5 Å². The van der Waals surface area contributed by atoms with Crippen molar-refractivity contribution in [1.82, 2.24) is 10.5 Å². The Morgan fingerprint density at radius 2 is 2.36 bits per heavy atom. The van der Waals surface area contributed by atoms with Gasteiger partial charge in [0, 0.05) is 19.7 Å². The first kappa shape index (κ1) is 14.6. The van der Waals surface area contributed by atoms with E-state index in [4.69, 9.17) is 13.7 Å². The average Bonchev–Trinajstić information content (AvgIpc) is 3.27. The summed E-state index contributed by atoms with van der Waals surface area (Å²) in [6.07, 6.45) is 1.34. The first-order valence-corrected chi connectivity index (χ1v) is 7.56. The van der Waals surface area contributed by atoms with Crippen molar-refractivity contribution in [2.75, 3.05) is 13.7 Å². The Hall–Kier alpha value is -2.38. The molecular weight excluding hydrogens is 304 g/mol. The van der Waals surface area contributed by atoms with Crippen LogP contribution in [-0.4, -0.2) is 24.7 Å². The van der Waals surface area contributed by atoms with E-state index in [2.05, 4.69) is 10.5 Å². The van der Waals surface area contributed by atoms with Crippen molar-refractivity contribution < 1.29 is 18.5 Å². The highest BCUT2D eigenvalue weighted by atomic mass is 32.1. The molecule has 1 amide bonds. The fraction of sp³-hybridized carbons (Fsp3) is 0.200. The number of aromatic nitrogens is 1. The average molecular weight is 318 g/mol. The Labute approximate surface area is 130 Å². The lowest BCUT2D eigenvalue weighted by molar-refractivity contribution is 0.0822. The summed E-state index contributed by atoms with van der Waals surface area (Å²) in [6.45, 7) is 0.356. The van der Waals surface area contributed by atoms with Gasteiger partial charge in [0.05, 0.1) is 6.26 Å². The number of carbonyl (C=O) groups excluding carboxylic acids is 1. The van der Waals surface area contributed by atoms with Crippen molar-refractivity contribution in [2.24, 2.45) is 0 Å². The van der Waals surface area contributed by atoms with Gasteiger partial charge in [-0.05, 0) is 34.5 Å². The summed E-state index contributed by atoms with van der Waals surface area (Å²) in [5.41, 5.74) is 1.23. The van der Waals surface area contributed by atoms with Gasteiger partial charge in [0.2, 0.25) is 5.76 Å². The fourth-order valence-electron chi connectivity index (χ4n) is 1.99. The zero-order valence-electron chi connectivity index (χ0n) is 11.8. The number of hydrogen-bond acceptors (Lipinski definition) is 6. The van der Waals surface area contributed by atoms with Crippen molar-refractivity contribution in [2.45, 2.75) is 6.10 Å². The van der Waals surface area contributed by atoms with Crippen molar-refractivity contribution in [1.29, 1.82) is 0 Å². The molecule has 1 unspecified atom stereocenters. The molecule has 0 saturated heterocycles. The summed E-state index contributed by atoms with van der Waals surface area (Å²) < 4.78 is 15.7. The van der Waals surface area contributed by atoms with Crippen LogP contribution in [0.2, 0.25) is 0 Å². The zero-order valence-corrected chi connectivity index (χ0v) is 12.6. The highest BCUT2D eigenvalue weighted by Gasteiger charge is 2.17. The third-order valence-corrected chi connectivity index (χ3v) is 3.86. The molecular formula is C15H14N2O4S. The normalized spacial score (nSPS) is 12.2. The van der Waals surface area contributed by atoms with Gasteiger partial charge in [-0.2, -0.15) is 11.3 Å². The first-order valence-electron chi connectivity index (χ1n) is 6.61. The molecule has 0 radical (unpaired) electrons. The number of methoxy groups -OCH3 is 1. The Morgan fingerprint density at radius 1 is 1.45 bits per heavy atom. The number of ether oxygens (including phenoxy) is 1. The number of furan rings is 1. The van der Waals surface area contributed by atoms with Gasteiger partial charge in [-0.25, -0.2) is 0 Å². The number of thiophene rings is 1. The van der Waals surface area contributed by atoms with Crippen LogP contribution in [0.1, 0.15) is 22.2 Å². The Bertz CT molecular complexity index is 719. The molecule has 7 heteroatoms. The Balaban J connectivity index is 1.62.